The smallest absolute Gasteiger partial charge is 0.254 e. The van der Waals surface area contributed by atoms with Gasteiger partial charge in [0.2, 0.25) is 0 Å². The predicted molar refractivity (Wildman–Crippen MR) is 132 cm³/mol. The molecule has 0 heterocycles. The van der Waals surface area contributed by atoms with Crippen molar-refractivity contribution < 1.29 is 9.90 Å². The summed E-state index contributed by atoms with van der Waals surface area (Å²) in [4.78, 5) is 14.9. The number of amides is 1. The second kappa shape index (κ2) is 12.4. The number of hydrogen-bond donors (Lipinski definition) is 1. The Morgan fingerprint density at radius 3 is 2.29 bits per heavy atom. The molecule has 3 nitrogen and oxygen atoms in total. The molecule has 0 aromatic heterocycles. The van der Waals surface area contributed by atoms with Crippen molar-refractivity contribution in [2.24, 2.45) is 17.8 Å². The molecule has 31 heavy (non-hydrogen) atoms. The quantitative estimate of drug-likeness (QED) is 0.416. The molecule has 2 fully saturated rings. The number of benzene rings is 1. The zero-order valence-electron chi connectivity index (χ0n) is 19.6. The van der Waals surface area contributed by atoms with Crippen LogP contribution in [0.5, 0.6) is 0 Å². The van der Waals surface area contributed by atoms with E-state index in [9.17, 15) is 9.90 Å². The molecule has 2 aliphatic rings. The standard InChI is InChI=1S/C27H42BrNO2/c1-3-29(4-2)27(31)25-17-16-24(28)18-23(25)19-26(30)22-13-9-12-21(14-15-22)20-10-7-5-6-8-11-20/h16-18,20-22,26,30H,3-15,19H2,1-2H3. The van der Waals surface area contributed by atoms with Gasteiger partial charge in [-0.3, -0.25) is 4.79 Å². The minimum Gasteiger partial charge on any atom is -0.392 e. The van der Waals surface area contributed by atoms with Crippen LogP contribution in [-0.4, -0.2) is 35.1 Å². The van der Waals surface area contributed by atoms with Crippen LogP contribution in [0.25, 0.3) is 0 Å². The number of aliphatic hydroxyl groups excluding tert-OH is 1. The fraction of sp³-hybridized carbons (Fsp3) is 0.741. The van der Waals surface area contributed by atoms with Crippen molar-refractivity contribution in [1.82, 2.24) is 4.90 Å². The first kappa shape index (κ1) is 24.8. The minimum atomic E-state index is -0.370. The van der Waals surface area contributed by atoms with Gasteiger partial charge in [-0.15, -0.1) is 0 Å². The fourth-order valence-electron chi connectivity index (χ4n) is 6.01. The van der Waals surface area contributed by atoms with Crippen LogP contribution in [0.4, 0.5) is 0 Å². The molecular weight excluding hydrogens is 450 g/mol. The van der Waals surface area contributed by atoms with Gasteiger partial charge in [-0.05, 0) is 81.0 Å². The second-order valence-electron chi connectivity index (χ2n) is 9.83. The van der Waals surface area contributed by atoms with Gasteiger partial charge in [-0.2, -0.15) is 0 Å². The molecule has 174 valence electrons. The molecule has 1 amide bonds. The molecule has 3 unspecified atom stereocenters. The van der Waals surface area contributed by atoms with Crippen molar-refractivity contribution in [2.45, 2.75) is 97.0 Å². The van der Waals surface area contributed by atoms with Crippen molar-refractivity contribution >= 4 is 21.8 Å². The van der Waals surface area contributed by atoms with E-state index in [1.165, 1.54) is 57.8 Å². The highest BCUT2D eigenvalue weighted by Crippen LogP contribution is 2.39. The van der Waals surface area contributed by atoms with E-state index < -0.39 is 0 Å². The topological polar surface area (TPSA) is 40.5 Å². The molecule has 2 aliphatic carbocycles. The van der Waals surface area contributed by atoms with E-state index in [4.69, 9.17) is 0 Å². The highest BCUT2D eigenvalue weighted by molar-refractivity contribution is 9.10. The summed E-state index contributed by atoms with van der Waals surface area (Å²) in [5.41, 5.74) is 1.72. The van der Waals surface area contributed by atoms with E-state index in [2.05, 4.69) is 15.9 Å². The molecule has 3 atom stereocenters. The average molecular weight is 493 g/mol. The van der Waals surface area contributed by atoms with Gasteiger partial charge in [0.15, 0.2) is 0 Å². The van der Waals surface area contributed by atoms with Crippen LogP contribution < -0.4 is 0 Å². The first-order chi connectivity index (χ1) is 15.0. The lowest BCUT2D eigenvalue weighted by atomic mass is 9.81. The van der Waals surface area contributed by atoms with Gasteiger partial charge >= 0.3 is 0 Å². The third-order valence-corrected chi connectivity index (χ3v) is 8.44. The van der Waals surface area contributed by atoms with Crippen LogP contribution in [0.3, 0.4) is 0 Å². The average Bonchev–Trinajstić information content (AvgIpc) is 3.18. The van der Waals surface area contributed by atoms with Crippen LogP contribution in [0.1, 0.15) is 100 Å². The van der Waals surface area contributed by atoms with Crippen molar-refractivity contribution in [1.29, 1.82) is 0 Å². The summed E-state index contributed by atoms with van der Waals surface area (Å²) < 4.78 is 0.972. The van der Waals surface area contributed by atoms with Crippen molar-refractivity contribution in [3.63, 3.8) is 0 Å². The predicted octanol–water partition coefficient (Wildman–Crippen LogP) is 7.00. The Hall–Kier alpha value is -0.870. The number of rotatable bonds is 7. The first-order valence-corrected chi connectivity index (χ1v) is 13.6. The molecule has 0 aliphatic heterocycles. The number of hydrogen-bond acceptors (Lipinski definition) is 2. The molecule has 0 spiro atoms. The number of carbonyl (C=O) groups is 1. The molecule has 1 N–H and O–H groups in total. The molecule has 2 saturated carbocycles. The molecule has 1 aromatic carbocycles. The Kier molecular flexibility index (Phi) is 9.90. The van der Waals surface area contributed by atoms with Gasteiger partial charge in [0.05, 0.1) is 6.10 Å². The summed E-state index contributed by atoms with van der Waals surface area (Å²) in [6, 6.07) is 5.89. The highest BCUT2D eigenvalue weighted by atomic mass is 79.9. The molecule has 0 saturated heterocycles. The van der Waals surface area contributed by atoms with E-state index in [1.807, 2.05) is 36.9 Å². The van der Waals surface area contributed by atoms with E-state index in [0.29, 0.717) is 25.4 Å². The summed E-state index contributed by atoms with van der Waals surface area (Å²) in [6.07, 6.45) is 14.8. The molecule has 3 rings (SSSR count). The summed E-state index contributed by atoms with van der Waals surface area (Å²) in [5.74, 6) is 2.21. The zero-order chi connectivity index (χ0) is 22.2. The second-order valence-corrected chi connectivity index (χ2v) is 10.7. The Morgan fingerprint density at radius 1 is 0.968 bits per heavy atom. The van der Waals surface area contributed by atoms with Gasteiger partial charge in [0.25, 0.3) is 5.91 Å². The Bertz CT molecular complexity index is 694. The van der Waals surface area contributed by atoms with Gasteiger partial charge in [-0.25, -0.2) is 0 Å². The van der Waals surface area contributed by atoms with Crippen molar-refractivity contribution in [2.75, 3.05) is 13.1 Å². The number of nitrogens with zero attached hydrogens (tertiary/aromatic N) is 1. The fourth-order valence-corrected chi connectivity index (χ4v) is 6.42. The van der Waals surface area contributed by atoms with Crippen LogP contribution in [0.15, 0.2) is 22.7 Å². The van der Waals surface area contributed by atoms with Gasteiger partial charge < -0.3 is 10.0 Å². The number of aliphatic hydroxyl groups is 1. The third kappa shape index (κ3) is 6.81. The molecule has 1 aromatic rings. The maximum Gasteiger partial charge on any atom is 0.254 e. The Balaban J connectivity index is 1.65. The molecule has 4 heteroatoms. The van der Waals surface area contributed by atoms with Gasteiger partial charge in [-0.1, -0.05) is 67.3 Å². The summed E-state index contributed by atoms with van der Waals surface area (Å²) >= 11 is 3.57. The van der Waals surface area contributed by atoms with Crippen molar-refractivity contribution in [3.8, 4) is 0 Å². The van der Waals surface area contributed by atoms with E-state index in [-0.39, 0.29) is 12.0 Å². The van der Waals surface area contributed by atoms with Crippen LogP contribution in [0.2, 0.25) is 0 Å². The van der Waals surface area contributed by atoms with Crippen molar-refractivity contribution in [3.05, 3.63) is 33.8 Å². The Morgan fingerprint density at radius 2 is 1.61 bits per heavy atom. The van der Waals surface area contributed by atoms with Crippen LogP contribution in [0, 0.1) is 17.8 Å². The summed E-state index contributed by atoms with van der Waals surface area (Å²) in [7, 11) is 0. The lowest BCUT2D eigenvalue weighted by molar-refractivity contribution is 0.0766. The number of halogens is 1. The normalized spacial score (nSPS) is 24.3. The highest BCUT2D eigenvalue weighted by Gasteiger charge is 2.29. The van der Waals surface area contributed by atoms with E-state index in [1.54, 1.807) is 0 Å². The summed E-state index contributed by atoms with van der Waals surface area (Å²) in [6.45, 7) is 5.45. The minimum absolute atomic E-state index is 0.0778. The van der Waals surface area contributed by atoms with Crippen LogP contribution >= 0.6 is 15.9 Å². The lowest BCUT2D eigenvalue weighted by Crippen LogP contribution is -2.32. The first-order valence-electron chi connectivity index (χ1n) is 12.8. The molecular formula is C27H42BrNO2. The Labute approximate surface area is 198 Å². The van der Waals surface area contributed by atoms with Gasteiger partial charge in [0, 0.05) is 23.1 Å². The molecule has 0 bridgehead atoms. The number of carbonyl (C=O) groups excluding carboxylic acids is 1. The lowest BCUT2D eigenvalue weighted by Gasteiger charge is -2.26. The SMILES string of the molecule is CCN(CC)C(=O)c1ccc(Br)cc1CC(O)C1CCCC(C2CCCCCC2)CC1. The van der Waals surface area contributed by atoms with E-state index >= 15 is 0 Å². The maximum atomic E-state index is 13.0. The monoisotopic (exact) mass is 491 g/mol. The van der Waals surface area contributed by atoms with Gasteiger partial charge in [0.1, 0.15) is 0 Å². The third-order valence-electron chi connectivity index (χ3n) is 7.95. The maximum absolute atomic E-state index is 13.0. The summed E-state index contributed by atoms with van der Waals surface area (Å²) in [5, 5.41) is 11.2. The zero-order valence-corrected chi connectivity index (χ0v) is 21.2. The largest absolute Gasteiger partial charge is 0.392 e. The van der Waals surface area contributed by atoms with Crippen LogP contribution in [-0.2, 0) is 6.42 Å². The molecule has 0 radical (unpaired) electrons. The van der Waals surface area contributed by atoms with E-state index in [0.717, 1.165) is 40.3 Å².